The van der Waals surface area contributed by atoms with Crippen LogP contribution in [0.4, 0.5) is 0 Å². The van der Waals surface area contributed by atoms with Crippen LogP contribution in [0.5, 0.6) is 0 Å². The molecule has 2 aliphatic rings. The normalized spacial score (nSPS) is 23.9. The van der Waals surface area contributed by atoms with Crippen LogP contribution in [-0.2, 0) is 16.1 Å². The van der Waals surface area contributed by atoms with E-state index in [0.29, 0.717) is 18.7 Å². The number of benzene rings is 1. The first kappa shape index (κ1) is 15.3. The van der Waals surface area contributed by atoms with E-state index in [1.54, 1.807) is 0 Å². The van der Waals surface area contributed by atoms with Crippen LogP contribution in [0.2, 0.25) is 0 Å². The molecule has 2 heterocycles. The lowest BCUT2D eigenvalue weighted by atomic mass is 9.90. The number of hydrogen-bond acceptors (Lipinski definition) is 4. The van der Waals surface area contributed by atoms with Gasteiger partial charge in [0.2, 0.25) is 5.91 Å². The van der Waals surface area contributed by atoms with E-state index in [0.717, 1.165) is 31.2 Å². The van der Waals surface area contributed by atoms with Gasteiger partial charge in [0.1, 0.15) is 6.54 Å². The number of carbonyl (C=O) groups excluding carboxylic acids is 1. The first-order valence-electron chi connectivity index (χ1n) is 8.60. The smallest absolute Gasteiger partial charge is 0.269 e. The van der Waals surface area contributed by atoms with E-state index in [-0.39, 0.29) is 30.2 Å². The van der Waals surface area contributed by atoms with Gasteiger partial charge < -0.3 is 9.64 Å². The van der Waals surface area contributed by atoms with Gasteiger partial charge in [0.05, 0.1) is 36.0 Å². The van der Waals surface area contributed by atoms with Crippen LogP contribution in [-0.4, -0.2) is 45.7 Å². The second-order valence-electron chi connectivity index (χ2n) is 6.52. The summed E-state index contributed by atoms with van der Waals surface area (Å²) in [6, 6.07) is 7.57. The molecule has 0 bridgehead atoms. The lowest BCUT2D eigenvalue weighted by Gasteiger charge is -2.43. The number of aromatic nitrogens is 2. The van der Waals surface area contributed by atoms with Crippen molar-refractivity contribution in [1.29, 1.82) is 0 Å². The van der Waals surface area contributed by atoms with Gasteiger partial charge in [-0.25, -0.2) is 4.98 Å². The summed E-state index contributed by atoms with van der Waals surface area (Å²) in [6.07, 6.45) is 5.75. The second-order valence-corrected chi connectivity index (χ2v) is 6.52. The third-order valence-corrected chi connectivity index (χ3v) is 5.10. The van der Waals surface area contributed by atoms with Crippen LogP contribution >= 0.6 is 0 Å². The molecule has 1 aliphatic heterocycles. The molecule has 1 saturated heterocycles. The molecule has 2 fully saturated rings. The van der Waals surface area contributed by atoms with Crippen LogP contribution < -0.4 is 5.56 Å². The highest BCUT2D eigenvalue weighted by Crippen LogP contribution is 2.28. The molecule has 1 amide bonds. The van der Waals surface area contributed by atoms with Crippen molar-refractivity contribution in [3.05, 3.63) is 40.8 Å². The van der Waals surface area contributed by atoms with E-state index in [1.165, 1.54) is 10.8 Å². The largest absolute Gasteiger partial charge is 0.374 e. The summed E-state index contributed by atoms with van der Waals surface area (Å²) >= 11 is 0. The van der Waals surface area contributed by atoms with Gasteiger partial charge in [0.25, 0.3) is 5.56 Å². The van der Waals surface area contributed by atoms with E-state index in [4.69, 9.17) is 4.74 Å². The van der Waals surface area contributed by atoms with E-state index in [9.17, 15) is 9.59 Å². The summed E-state index contributed by atoms with van der Waals surface area (Å²) in [4.78, 5) is 31.2. The molecule has 126 valence electrons. The third-order valence-electron chi connectivity index (χ3n) is 5.10. The maximum atomic E-state index is 12.9. The molecule has 1 aromatic heterocycles. The van der Waals surface area contributed by atoms with E-state index in [1.807, 2.05) is 29.2 Å². The van der Waals surface area contributed by atoms with Crippen LogP contribution in [0.15, 0.2) is 35.3 Å². The molecule has 0 spiro atoms. The molecule has 2 atom stereocenters. The molecule has 0 unspecified atom stereocenters. The zero-order valence-electron chi connectivity index (χ0n) is 13.6. The lowest BCUT2D eigenvalue weighted by Crippen LogP contribution is -2.55. The molecule has 4 rings (SSSR count). The number of carbonyl (C=O) groups is 1. The van der Waals surface area contributed by atoms with Crippen molar-refractivity contribution in [3.8, 4) is 0 Å². The molecule has 6 nitrogen and oxygen atoms in total. The highest BCUT2D eigenvalue weighted by atomic mass is 16.5. The van der Waals surface area contributed by atoms with Gasteiger partial charge in [-0.05, 0) is 25.0 Å². The number of para-hydroxylation sites is 2. The number of hydrogen-bond donors (Lipinski definition) is 0. The predicted octanol–water partition coefficient (Wildman–Crippen LogP) is 1.57. The minimum atomic E-state index is -0.240. The number of rotatable bonds is 2. The highest BCUT2D eigenvalue weighted by molar-refractivity contribution is 5.80. The van der Waals surface area contributed by atoms with Gasteiger partial charge in [0.15, 0.2) is 0 Å². The van der Waals surface area contributed by atoms with Crippen LogP contribution in [0.3, 0.4) is 0 Å². The Morgan fingerprint density at radius 3 is 3.00 bits per heavy atom. The Morgan fingerprint density at radius 2 is 2.08 bits per heavy atom. The molecule has 24 heavy (non-hydrogen) atoms. The Labute approximate surface area is 140 Å². The summed E-state index contributed by atoms with van der Waals surface area (Å²) in [5.41, 5.74) is 1.18. The molecule has 0 radical (unpaired) electrons. The van der Waals surface area contributed by atoms with E-state index in [2.05, 4.69) is 4.98 Å². The highest BCUT2D eigenvalue weighted by Gasteiger charge is 2.36. The number of morpholine rings is 1. The first-order valence-corrected chi connectivity index (χ1v) is 8.60. The molecule has 1 saturated carbocycles. The Balaban J connectivity index is 1.62. The van der Waals surface area contributed by atoms with Gasteiger partial charge in [-0.15, -0.1) is 0 Å². The Kier molecular flexibility index (Phi) is 4.06. The number of amides is 1. The molecule has 1 aromatic carbocycles. The van der Waals surface area contributed by atoms with E-state index < -0.39 is 0 Å². The van der Waals surface area contributed by atoms with Crippen molar-refractivity contribution in [3.63, 3.8) is 0 Å². The quantitative estimate of drug-likeness (QED) is 0.840. The number of ether oxygens (including phenoxy) is 1. The molecule has 0 N–H and O–H groups in total. The topological polar surface area (TPSA) is 64.4 Å². The molecule has 6 heteroatoms. The van der Waals surface area contributed by atoms with Gasteiger partial charge in [-0.2, -0.15) is 0 Å². The fraction of sp³-hybridized carbons (Fsp3) is 0.500. The van der Waals surface area contributed by atoms with E-state index >= 15 is 0 Å². The Morgan fingerprint density at radius 1 is 1.25 bits per heavy atom. The summed E-state index contributed by atoms with van der Waals surface area (Å²) < 4.78 is 7.36. The minimum Gasteiger partial charge on any atom is -0.374 e. The van der Waals surface area contributed by atoms with Crippen LogP contribution in [0.1, 0.15) is 25.7 Å². The maximum absolute atomic E-state index is 12.9. The van der Waals surface area contributed by atoms with Crippen LogP contribution in [0.25, 0.3) is 11.0 Å². The third kappa shape index (κ3) is 2.71. The predicted molar refractivity (Wildman–Crippen MR) is 89.7 cm³/mol. The Hall–Kier alpha value is -2.21. The number of fused-ring (bicyclic) bond motifs is 2. The molecule has 2 aromatic rings. The zero-order chi connectivity index (χ0) is 16.5. The van der Waals surface area contributed by atoms with Gasteiger partial charge in [0, 0.05) is 6.54 Å². The second kappa shape index (κ2) is 6.36. The summed E-state index contributed by atoms with van der Waals surface area (Å²) in [6.45, 7) is 1.25. The summed E-state index contributed by atoms with van der Waals surface area (Å²) in [7, 11) is 0. The average molecular weight is 327 g/mol. The minimum absolute atomic E-state index is 0.00588. The van der Waals surface area contributed by atoms with Crippen molar-refractivity contribution in [1.82, 2.24) is 14.5 Å². The van der Waals surface area contributed by atoms with Gasteiger partial charge >= 0.3 is 0 Å². The van der Waals surface area contributed by atoms with Gasteiger partial charge in [-0.3, -0.25) is 14.2 Å². The van der Waals surface area contributed by atoms with Crippen molar-refractivity contribution >= 4 is 16.9 Å². The first-order chi connectivity index (χ1) is 11.7. The zero-order valence-corrected chi connectivity index (χ0v) is 13.6. The average Bonchev–Trinajstić information content (AvgIpc) is 2.63. The lowest BCUT2D eigenvalue weighted by molar-refractivity contribution is -0.150. The van der Waals surface area contributed by atoms with Crippen LogP contribution in [0, 0.1) is 0 Å². The fourth-order valence-corrected chi connectivity index (χ4v) is 3.91. The van der Waals surface area contributed by atoms with Crippen molar-refractivity contribution in [2.75, 3.05) is 13.2 Å². The summed E-state index contributed by atoms with van der Waals surface area (Å²) in [5, 5.41) is 0. The van der Waals surface area contributed by atoms with Gasteiger partial charge in [-0.1, -0.05) is 25.0 Å². The standard InChI is InChI=1S/C18H21N3O3/c22-17-11-19-13-5-1-2-6-14(13)21(17)12-18(23)20-9-10-24-16-8-4-3-7-15(16)20/h1-2,5-6,11,15-16H,3-4,7-10,12H2/t15-,16-/m1/s1. The van der Waals surface area contributed by atoms with Crippen molar-refractivity contribution in [2.45, 2.75) is 44.4 Å². The SMILES string of the molecule is O=C(Cn1c(=O)cnc2ccccc21)N1CCO[C@@H]2CCCC[C@H]21. The monoisotopic (exact) mass is 327 g/mol. The maximum Gasteiger partial charge on any atom is 0.269 e. The van der Waals surface area contributed by atoms with Crippen molar-refractivity contribution < 1.29 is 9.53 Å². The fourth-order valence-electron chi connectivity index (χ4n) is 3.91. The molecule has 1 aliphatic carbocycles. The Bertz CT molecular complexity index is 815. The number of nitrogens with zero attached hydrogens (tertiary/aromatic N) is 3. The van der Waals surface area contributed by atoms with Crippen molar-refractivity contribution in [2.24, 2.45) is 0 Å². The molecular weight excluding hydrogens is 306 g/mol. The summed E-state index contributed by atoms with van der Waals surface area (Å²) in [5.74, 6) is -0.00588. The molecular formula is C18H21N3O3.